The Balaban J connectivity index is 1.43. The summed E-state index contributed by atoms with van der Waals surface area (Å²) < 4.78 is 23.5. The first-order valence-corrected chi connectivity index (χ1v) is 13.6. The second-order valence-corrected chi connectivity index (χ2v) is 11.0. The Morgan fingerprint density at radius 3 is 2.68 bits per heavy atom. The van der Waals surface area contributed by atoms with Crippen LogP contribution in [0.1, 0.15) is 58.8 Å². The Labute approximate surface area is 220 Å². The lowest BCUT2D eigenvalue weighted by molar-refractivity contribution is -0.149. The predicted molar refractivity (Wildman–Crippen MR) is 141 cm³/mol. The molecule has 1 saturated heterocycles. The molecule has 37 heavy (non-hydrogen) atoms. The first-order valence-electron chi connectivity index (χ1n) is 13.6. The Morgan fingerprint density at radius 2 is 1.86 bits per heavy atom. The highest BCUT2D eigenvalue weighted by Crippen LogP contribution is 2.36. The van der Waals surface area contributed by atoms with Crippen molar-refractivity contribution in [2.45, 2.75) is 108 Å². The molecule has 2 bridgehead atoms. The molecule has 0 aromatic heterocycles. The van der Waals surface area contributed by atoms with Crippen molar-refractivity contribution in [1.82, 2.24) is 0 Å². The van der Waals surface area contributed by atoms with Gasteiger partial charge in [-0.2, -0.15) is 0 Å². The number of carbonyl (C=O) groups excluding carboxylic acids is 1. The Kier molecular flexibility index (Phi) is 9.96. The van der Waals surface area contributed by atoms with E-state index in [1.807, 2.05) is 12.2 Å². The van der Waals surface area contributed by atoms with Crippen LogP contribution in [0.15, 0.2) is 60.3 Å². The second kappa shape index (κ2) is 13.2. The van der Waals surface area contributed by atoms with Gasteiger partial charge in [-0.25, -0.2) is 4.79 Å². The molecule has 0 unspecified atom stereocenters. The maximum atomic E-state index is 12.6. The third-order valence-corrected chi connectivity index (χ3v) is 7.44. The van der Waals surface area contributed by atoms with Gasteiger partial charge in [0.05, 0.1) is 31.0 Å². The Bertz CT molecular complexity index is 919. The van der Waals surface area contributed by atoms with Crippen molar-refractivity contribution in [3.63, 3.8) is 0 Å². The molecule has 2 N–H and O–H groups in total. The number of hydrogen-bond donors (Lipinski definition) is 2. The number of aliphatic hydroxyl groups is 2. The number of hydrogen-bond acceptors (Lipinski definition) is 7. The van der Waals surface area contributed by atoms with Gasteiger partial charge in [0.1, 0.15) is 24.4 Å². The van der Waals surface area contributed by atoms with Gasteiger partial charge in [-0.05, 0) is 51.4 Å². The van der Waals surface area contributed by atoms with Crippen molar-refractivity contribution in [1.29, 1.82) is 0 Å². The van der Waals surface area contributed by atoms with Crippen LogP contribution < -0.4 is 0 Å². The van der Waals surface area contributed by atoms with E-state index in [0.29, 0.717) is 25.4 Å². The number of ether oxygens (including phenoxy) is 4. The quantitative estimate of drug-likeness (QED) is 0.332. The predicted octanol–water partition coefficient (Wildman–Crippen LogP) is 4.11. The Hall–Kier alpha value is -2.03. The van der Waals surface area contributed by atoms with E-state index >= 15 is 0 Å². The van der Waals surface area contributed by atoms with Crippen LogP contribution in [-0.4, -0.2) is 71.6 Å². The van der Waals surface area contributed by atoms with E-state index < -0.39 is 30.4 Å². The van der Waals surface area contributed by atoms with Crippen molar-refractivity contribution in [3.05, 3.63) is 60.3 Å². The summed E-state index contributed by atoms with van der Waals surface area (Å²) in [5.41, 5.74) is 2.23. The van der Waals surface area contributed by atoms with Gasteiger partial charge in [-0.15, -0.1) is 0 Å². The topological polar surface area (TPSA) is 97.8 Å². The molecule has 0 aromatic carbocycles. The zero-order chi connectivity index (χ0) is 26.4. The summed E-state index contributed by atoms with van der Waals surface area (Å²) in [5, 5.41) is 21.6. The van der Waals surface area contributed by atoms with Gasteiger partial charge in [0.25, 0.3) is 0 Å². The lowest BCUT2D eigenvalue weighted by Crippen LogP contribution is -2.38. The average molecular weight is 515 g/mol. The molecular weight excluding hydrogens is 472 g/mol. The van der Waals surface area contributed by atoms with E-state index in [4.69, 9.17) is 18.9 Å². The van der Waals surface area contributed by atoms with Gasteiger partial charge in [0, 0.05) is 12.5 Å². The van der Waals surface area contributed by atoms with Crippen LogP contribution in [0.5, 0.6) is 0 Å². The number of fused-ring (bicyclic) bond motifs is 2. The second-order valence-electron chi connectivity index (χ2n) is 11.0. The fraction of sp³-hybridized carbons (Fsp3) is 0.633. The third kappa shape index (κ3) is 8.48. The van der Waals surface area contributed by atoms with Crippen molar-refractivity contribution >= 4 is 5.97 Å². The smallest absolute Gasteiger partial charge is 0.330 e. The van der Waals surface area contributed by atoms with E-state index in [-0.39, 0.29) is 30.8 Å². The summed E-state index contributed by atoms with van der Waals surface area (Å²) in [4.78, 5) is 12.6. The molecule has 1 fully saturated rings. The van der Waals surface area contributed by atoms with Gasteiger partial charge in [-0.1, -0.05) is 61.1 Å². The maximum absolute atomic E-state index is 12.6. The van der Waals surface area contributed by atoms with Crippen LogP contribution in [-0.2, 0) is 23.7 Å². The maximum Gasteiger partial charge on any atom is 0.330 e. The minimum atomic E-state index is -1.01. The summed E-state index contributed by atoms with van der Waals surface area (Å²) >= 11 is 0. The van der Waals surface area contributed by atoms with Crippen LogP contribution in [0.3, 0.4) is 0 Å². The van der Waals surface area contributed by atoms with Crippen molar-refractivity contribution in [2.75, 3.05) is 6.61 Å². The molecule has 0 spiro atoms. The highest BCUT2D eigenvalue weighted by molar-refractivity contribution is 5.82. The minimum absolute atomic E-state index is 0.0863. The third-order valence-electron chi connectivity index (χ3n) is 7.44. The molecule has 4 aliphatic rings. The highest BCUT2D eigenvalue weighted by Gasteiger charge is 2.52. The Morgan fingerprint density at radius 1 is 1.05 bits per heavy atom. The molecule has 7 heteroatoms. The van der Waals surface area contributed by atoms with Crippen molar-refractivity contribution in [3.8, 4) is 0 Å². The molecule has 0 aromatic rings. The molecule has 4 aliphatic heterocycles. The molecule has 0 aliphatic carbocycles. The first-order chi connectivity index (χ1) is 17.8. The zero-order valence-corrected chi connectivity index (χ0v) is 22.0. The monoisotopic (exact) mass is 514 g/mol. The number of rotatable bonds is 3. The van der Waals surface area contributed by atoms with E-state index in [1.165, 1.54) is 11.6 Å². The highest BCUT2D eigenvalue weighted by atomic mass is 16.6. The summed E-state index contributed by atoms with van der Waals surface area (Å²) in [6.45, 7) is 8.95. The van der Waals surface area contributed by atoms with E-state index in [1.54, 1.807) is 18.2 Å². The molecule has 0 saturated carbocycles. The fourth-order valence-corrected chi connectivity index (χ4v) is 5.51. The van der Waals surface area contributed by atoms with E-state index in [2.05, 4.69) is 26.5 Å². The first kappa shape index (κ1) is 28.0. The fourth-order valence-electron chi connectivity index (χ4n) is 5.51. The van der Waals surface area contributed by atoms with Gasteiger partial charge in [0.15, 0.2) is 0 Å². The van der Waals surface area contributed by atoms with Gasteiger partial charge in [0.2, 0.25) is 0 Å². The number of cyclic esters (lactones) is 1. The van der Waals surface area contributed by atoms with Gasteiger partial charge < -0.3 is 29.2 Å². The summed E-state index contributed by atoms with van der Waals surface area (Å²) in [7, 11) is 0. The van der Waals surface area contributed by atoms with Gasteiger partial charge in [-0.3, -0.25) is 0 Å². The summed E-state index contributed by atoms with van der Waals surface area (Å²) in [6.07, 6.45) is 14.2. The normalized spacial score (nSPS) is 40.5. The van der Waals surface area contributed by atoms with Gasteiger partial charge >= 0.3 is 5.97 Å². The largest absolute Gasteiger partial charge is 0.456 e. The van der Waals surface area contributed by atoms with Crippen molar-refractivity contribution < 1.29 is 34.0 Å². The number of epoxide rings is 1. The van der Waals surface area contributed by atoms with Crippen LogP contribution in [0.2, 0.25) is 0 Å². The van der Waals surface area contributed by atoms with Crippen LogP contribution >= 0.6 is 0 Å². The summed E-state index contributed by atoms with van der Waals surface area (Å²) in [5.74, 6) is -0.133. The minimum Gasteiger partial charge on any atom is -0.456 e. The lowest BCUT2D eigenvalue weighted by Gasteiger charge is -2.28. The number of esters is 1. The molecule has 4 rings (SSSR count). The standard InChI is InChI=1S/C30H42O7/c1-19-13-14-34-26(18-19)29-30(37-29)28(33)25-11-4-7-22(31)16-20(2)15-21(3)17-24-10-5-8-23(35-24)9-6-12-27(32)36-25/h4-8,12-13,21-26,28-31,33H,2,9-11,14-18H2,1,3H3/b7-4+,12-6-/t21-,22-,23-,24-,25-,26-,28+,29+,30+/m0/s1. The SMILES string of the molecule is C=C1C[C@H](C)C[C@@H]2CC=C[C@@H](C/C=C\C(=O)O[C@H]([C@@H](O)[C@H]3O[C@@H]3[C@@H]3CC(C)=CCO3)C/C=C/[C@H](O)C1)O2. The molecule has 0 radical (unpaired) electrons. The molecular formula is C30H42O7. The summed E-state index contributed by atoms with van der Waals surface area (Å²) in [6, 6.07) is 0. The molecule has 7 nitrogen and oxygen atoms in total. The average Bonchev–Trinajstić information content (AvgIpc) is 3.63. The van der Waals surface area contributed by atoms with E-state index in [0.717, 1.165) is 31.3 Å². The number of carbonyl (C=O) groups is 1. The van der Waals surface area contributed by atoms with Crippen molar-refractivity contribution in [2.24, 2.45) is 5.92 Å². The van der Waals surface area contributed by atoms with Crippen LogP contribution in [0, 0.1) is 5.92 Å². The van der Waals surface area contributed by atoms with Crippen LogP contribution in [0.25, 0.3) is 0 Å². The van der Waals surface area contributed by atoms with E-state index in [9.17, 15) is 15.0 Å². The number of aliphatic hydroxyl groups excluding tert-OH is 2. The zero-order valence-electron chi connectivity index (χ0n) is 22.0. The molecule has 4 heterocycles. The molecule has 204 valence electrons. The lowest BCUT2D eigenvalue weighted by atomic mass is 9.91. The van der Waals surface area contributed by atoms with Crippen LogP contribution in [0.4, 0.5) is 0 Å². The molecule has 0 amide bonds. The molecule has 9 atom stereocenters.